The summed E-state index contributed by atoms with van der Waals surface area (Å²) in [7, 11) is -4.39. The van der Waals surface area contributed by atoms with Gasteiger partial charge in [0.05, 0.1) is 0 Å². The van der Waals surface area contributed by atoms with Gasteiger partial charge in [-0.25, -0.2) is 4.18 Å². The monoisotopic (exact) mass is 210 g/mol. The van der Waals surface area contributed by atoms with Crippen molar-refractivity contribution in [3.63, 3.8) is 0 Å². The molecule has 0 aromatic heterocycles. The molecule has 1 unspecified atom stereocenters. The standard InChI is InChI=1S/C5H11ClO4S.Li.H/c1-2-3-4-5(6)10-11(7,8)9;;/h5H,2-4H2,1H3,(H,7,8,9);;/q;+1;-1. The van der Waals surface area contributed by atoms with Gasteiger partial charge in [-0.2, -0.15) is 8.42 Å². The summed E-state index contributed by atoms with van der Waals surface area (Å²) in [5.41, 5.74) is -0.954. The average Bonchev–Trinajstić information content (AvgIpc) is 1.79. The number of halogens is 1. The van der Waals surface area contributed by atoms with Gasteiger partial charge in [0.2, 0.25) is 0 Å². The van der Waals surface area contributed by atoms with Crippen molar-refractivity contribution in [2.24, 2.45) is 0 Å². The van der Waals surface area contributed by atoms with Gasteiger partial charge in [0.15, 0.2) is 5.56 Å². The van der Waals surface area contributed by atoms with Crippen molar-refractivity contribution in [2.75, 3.05) is 0 Å². The quantitative estimate of drug-likeness (QED) is 0.347. The number of hydrogen-bond acceptors (Lipinski definition) is 3. The molecule has 0 saturated carbocycles. The van der Waals surface area contributed by atoms with E-state index in [4.69, 9.17) is 16.2 Å². The van der Waals surface area contributed by atoms with Gasteiger partial charge in [0, 0.05) is 0 Å². The van der Waals surface area contributed by atoms with Gasteiger partial charge in [-0.3, -0.25) is 4.55 Å². The molecule has 0 aliphatic rings. The molecule has 1 N–H and O–H groups in total. The molecule has 0 bridgehead atoms. The number of alkyl halides is 1. The van der Waals surface area contributed by atoms with E-state index in [1.165, 1.54) is 0 Å². The van der Waals surface area contributed by atoms with Crippen LogP contribution in [0.1, 0.15) is 27.6 Å². The van der Waals surface area contributed by atoms with E-state index in [1.54, 1.807) is 0 Å². The van der Waals surface area contributed by atoms with Crippen LogP contribution >= 0.6 is 11.6 Å². The maximum atomic E-state index is 10.1. The Morgan fingerprint density at radius 3 is 2.50 bits per heavy atom. The topological polar surface area (TPSA) is 63.6 Å². The fourth-order valence-corrected chi connectivity index (χ4v) is 1.33. The first-order valence-electron chi connectivity index (χ1n) is 3.25. The van der Waals surface area contributed by atoms with Crippen LogP contribution in [0.2, 0.25) is 0 Å². The summed E-state index contributed by atoms with van der Waals surface area (Å²) in [4.78, 5) is 0. The molecule has 70 valence electrons. The van der Waals surface area contributed by atoms with E-state index < -0.39 is 16.0 Å². The first-order valence-corrected chi connectivity index (χ1v) is 5.05. The van der Waals surface area contributed by atoms with E-state index in [1.807, 2.05) is 6.92 Å². The molecule has 0 saturated heterocycles. The Morgan fingerprint density at radius 2 is 2.17 bits per heavy atom. The molecule has 0 amide bonds. The Morgan fingerprint density at radius 1 is 1.67 bits per heavy atom. The average molecular weight is 211 g/mol. The van der Waals surface area contributed by atoms with Crippen molar-refractivity contribution in [3.8, 4) is 0 Å². The SMILES string of the molecule is CCCCC(Cl)OS(=O)(=O)O.[H-].[Li+]. The predicted octanol–water partition coefficient (Wildman–Crippen LogP) is -1.32. The summed E-state index contributed by atoms with van der Waals surface area (Å²) in [6.07, 6.45) is 2.08. The predicted molar refractivity (Wildman–Crippen MR) is 42.9 cm³/mol. The molecule has 0 radical (unpaired) electrons. The van der Waals surface area contributed by atoms with Crippen molar-refractivity contribution in [1.82, 2.24) is 0 Å². The smallest absolute Gasteiger partial charge is 1.00 e. The van der Waals surface area contributed by atoms with Crippen molar-refractivity contribution in [3.05, 3.63) is 0 Å². The van der Waals surface area contributed by atoms with Crippen LogP contribution in [-0.2, 0) is 14.6 Å². The van der Waals surface area contributed by atoms with Gasteiger partial charge in [0.1, 0.15) is 0 Å². The summed E-state index contributed by atoms with van der Waals surface area (Å²) in [5.74, 6) is 0. The largest absolute Gasteiger partial charge is 1.00 e. The molecule has 0 rings (SSSR count). The molecular weight excluding hydrogens is 199 g/mol. The van der Waals surface area contributed by atoms with Gasteiger partial charge in [-0.15, -0.1) is 0 Å². The van der Waals surface area contributed by atoms with Gasteiger partial charge >= 0.3 is 29.3 Å². The molecule has 4 nitrogen and oxygen atoms in total. The first-order chi connectivity index (χ1) is 4.95. The van der Waals surface area contributed by atoms with E-state index in [0.29, 0.717) is 6.42 Å². The maximum Gasteiger partial charge on any atom is 1.00 e. The fourth-order valence-electron chi connectivity index (χ4n) is 0.545. The summed E-state index contributed by atoms with van der Waals surface area (Å²) < 4.78 is 32.3. The summed E-state index contributed by atoms with van der Waals surface area (Å²) in [6.45, 7) is 1.94. The Kier molecular flexibility index (Phi) is 9.13. The zero-order chi connectivity index (χ0) is 8.91. The molecule has 0 aromatic rings. The maximum absolute atomic E-state index is 10.1. The van der Waals surface area contributed by atoms with Crippen molar-refractivity contribution >= 4 is 22.0 Å². The van der Waals surface area contributed by atoms with Crippen molar-refractivity contribution < 1.29 is 37.4 Å². The van der Waals surface area contributed by atoms with Crippen LogP contribution in [-0.4, -0.2) is 18.5 Å². The molecule has 12 heavy (non-hydrogen) atoms. The van der Waals surface area contributed by atoms with E-state index >= 15 is 0 Å². The Hall–Kier alpha value is 0.757. The molecule has 7 heteroatoms. The minimum Gasteiger partial charge on any atom is -1.00 e. The van der Waals surface area contributed by atoms with E-state index in [9.17, 15) is 8.42 Å². The summed E-state index contributed by atoms with van der Waals surface area (Å²) in [5, 5.41) is 0. The van der Waals surface area contributed by atoms with Crippen LogP contribution < -0.4 is 18.9 Å². The normalized spacial score (nSPS) is 13.6. The molecule has 0 fully saturated rings. The molecule has 0 aromatic carbocycles. The number of hydrogen-bond donors (Lipinski definition) is 1. The van der Waals surface area contributed by atoms with E-state index in [2.05, 4.69) is 4.18 Å². The molecule has 0 aliphatic heterocycles. The second-order valence-electron chi connectivity index (χ2n) is 2.08. The van der Waals surface area contributed by atoms with Gasteiger partial charge in [-0.1, -0.05) is 24.9 Å². The third kappa shape index (κ3) is 10.8. The van der Waals surface area contributed by atoms with Crippen LogP contribution in [0.15, 0.2) is 0 Å². The third-order valence-electron chi connectivity index (χ3n) is 1.01. The first kappa shape index (κ1) is 15.2. The molecule has 1 atom stereocenters. The number of unbranched alkanes of at least 4 members (excludes halogenated alkanes) is 1. The minimum atomic E-state index is -4.39. The third-order valence-corrected chi connectivity index (χ3v) is 1.90. The summed E-state index contributed by atoms with van der Waals surface area (Å²) >= 11 is 5.38. The Bertz CT molecular complexity index is 199. The fraction of sp³-hybridized carbons (Fsp3) is 1.00. The van der Waals surface area contributed by atoms with Gasteiger partial charge in [0.25, 0.3) is 0 Å². The van der Waals surface area contributed by atoms with Gasteiger partial charge < -0.3 is 1.43 Å². The van der Waals surface area contributed by atoms with Crippen LogP contribution in [0.4, 0.5) is 0 Å². The Labute approximate surface area is 91.2 Å². The van der Waals surface area contributed by atoms with E-state index in [-0.39, 0.29) is 20.3 Å². The second kappa shape index (κ2) is 7.19. The van der Waals surface area contributed by atoms with Crippen molar-refractivity contribution in [1.29, 1.82) is 0 Å². The van der Waals surface area contributed by atoms with Crippen LogP contribution in [0.25, 0.3) is 0 Å². The molecule has 0 aliphatic carbocycles. The summed E-state index contributed by atoms with van der Waals surface area (Å²) in [6, 6.07) is 0. The number of rotatable bonds is 5. The molecule has 0 heterocycles. The van der Waals surface area contributed by atoms with Crippen LogP contribution in [0, 0.1) is 0 Å². The molecular formula is C5H12ClLiO4S. The van der Waals surface area contributed by atoms with Crippen LogP contribution in [0.5, 0.6) is 0 Å². The van der Waals surface area contributed by atoms with Crippen molar-refractivity contribution in [2.45, 2.75) is 31.7 Å². The van der Waals surface area contributed by atoms with E-state index in [0.717, 1.165) is 12.8 Å². The second-order valence-corrected chi connectivity index (χ2v) is 3.61. The Balaban J connectivity index is -0.000000500. The zero-order valence-corrected chi connectivity index (χ0v) is 8.73. The van der Waals surface area contributed by atoms with Gasteiger partial charge in [-0.05, 0) is 12.8 Å². The minimum absolute atomic E-state index is 0. The zero-order valence-electron chi connectivity index (χ0n) is 8.16. The van der Waals surface area contributed by atoms with Crippen LogP contribution in [0.3, 0.4) is 0 Å². The molecule has 0 spiro atoms.